The van der Waals surface area contributed by atoms with Gasteiger partial charge in [-0.1, -0.05) is 0 Å². The van der Waals surface area contributed by atoms with Crippen molar-refractivity contribution in [2.45, 2.75) is 12.8 Å². The topological polar surface area (TPSA) is 27.7 Å². The van der Waals surface area contributed by atoms with E-state index in [2.05, 4.69) is 0 Å². The molecular weight excluding hydrogens is 227 g/mol. The first-order valence-electron chi connectivity index (χ1n) is 4.77. The lowest BCUT2D eigenvalue weighted by atomic mass is 10.4. The predicted molar refractivity (Wildman–Crippen MR) is 58.3 cm³/mol. The summed E-state index contributed by atoms with van der Waals surface area (Å²) in [5.74, 6) is 0. The zero-order valence-electron chi connectivity index (χ0n) is 8.34. The molecule has 5 heteroatoms. The van der Waals surface area contributed by atoms with Crippen LogP contribution in [-0.2, 0) is 14.2 Å². The van der Waals surface area contributed by atoms with Crippen molar-refractivity contribution >= 4 is 23.2 Å². The van der Waals surface area contributed by atoms with Crippen LogP contribution >= 0.6 is 23.2 Å². The molecule has 2 fully saturated rings. The van der Waals surface area contributed by atoms with E-state index in [4.69, 9.17) is 37.4 Å². The molecule has 0 aromatic heterocycles. The molecule has 2 aliphatic heterocycles. The maximum atomic E-state index is 4.94. The maximum Gasteiger partial charge on any atom is 0.0967 e. The van der Waals surface area contributed by atoms with E-state index in [1.165, 1.54) is 12.8 Å². The standard InChI is InChI=1S/C4H8O2.C4H8O.CH2Cl2/c1-2-6-4-3-5-1;1-2-4-5-3-1;2-1-3/h1-4H2;1-4H2;1H2. The van der Waals surface area contributed by atoms with Gasteiger partial charge in [-0.15, -0.1) is 23.2 Å². The number of alkyl halides is 2. The van der Waals surface area contributed by atoms with Crippen molar-refractivity contribution in [1.29, 1.82) is 0 Å². The van der Waals surface area contributed by atoms with Crippen LogP contribution in [0.3, 0.4) is 0 Å². The zero-order valence-corrected chi connectivity index (χ0v) is 9.86. The first-order valence-corrected chi connectivity index (χ1v) is 5.84. The normalized spacial score (nSPS) is 20.1. The van der Waals surface area contributed by atoms with Crippen LogP contribution < -0.4 is 0 Å². The summed E-state index contributed by atoms with van der Waals surface area (Å²) in [6.45, 7) is 5.11. The van der Waals surface area contributed by atoms with Gasteiger partial charge in [0.2, 0.25) is 0 Å². The Morgan fingerprint density at radius 1 is 0.643 bits per heavy atom. The first-order chi connectivity index (χ1) is 6.91. The van der Waals surface area contributed by atoms with Crippen LogP contribution in [0.2, 0.25) is 0 Å². The predicted octanol–water partition coefficient (Wildman–Crippen LogP) is 2.25. The Balaban J connectivity index is 0.000000193. The van der Waals surface area contributed by atoms with Crippen molar-refractivity contribution in [2.75, 3.05) is 45.0 Å². The van der Waals surface area contributed by atoms with Crippen molar-refractivity contribution in [3.8, 4) is 0 Å². The molecule has 0 amide bonds. The summed E-state index contributed by atoms with van der Waals surface area (Å²) >= 11 is 9.53. The maximum absolute atomic E-state index is 4.94. The van der Waals surface area contributed by atoms with E-state index in [0.29, 0.717) is 0 Å². The summed E-state index contributed by atoms with van der Waals surface area (Å²) in [4.78, 5) is 0. The highest BCUT2D eigenvalue weighted by atomic mass is 35.5. The molecule has 3 nitrogen and oxygen atoms in total. The molecule has 2 rings (SSSR count). The van der Waals surface area contributed by atoms with Crippen molar-refractivity contribution in [3.05, 3.63) is 0 Å². The number of rotatable bonds is 0. The SMILES string of the molecule is C1CCOC1.C1COCCO1.ClCCl. The Morgan fingerprint density at radius 2 is 0.929 bits per heavy atom. The molecule has 0 radical (unpaired) electrons. The lowest BCUT2D eigenvalue weighted by molar-refractivity contribution is -0.0334. The molecule has 0 aromatic carbocycles. The van der Waals surface area contributed by atoms with E-state index >= 15 is 0 Å². The fourth-order valence-corrected chi connectivity index (χ4v) is 0.950. The third-order valence-electron chi connectivity index (χ3n) is 1.57. The zero-order chi connectivity index (χ0) is 10.5. The Labute approximate surface area is 95.6 Å². The molecular formula is C9H18Cl2O3. The average molecular weight is 245 g/mol. The van der Waals surface area contributed by atoms with E-state index in [-0.39, 0.29) is 5.34 Å². The van der Waals surface area contributed by atoms with E-state index in [1.54, 1.807) is 0 Å². The quantitative estimate of drug-likeness (QED) is 0.612. The molecule has 0 aromatic rings. The summed E-state index contributed by atoms with van der Waals surface area (Å²) in [6.07, 6.45) is 2.56. The van der Waals surface area contributed by atoms with Crippen molar-refractivity contribution in [2.24, 2.45) is 0 Å². The van der Waals surface area contributed by atoms with Crippen molar-refractivity contribution in [3.63, 3.8) is 0 Å². The van der Waals surface area contributed by atoms with E-state index in [9.17, 15) is 0 Å². The van der Waals surface area contributed by atoms with Gasteiger partial charge < -0.3 is 14.2 Å². The molecule has 0 spiro atoms. The van der Waals surface area contributed by atoms with Crippen molar-refractivity contribution < 1.29 is 14.2 Å². The minimum Gasteiger partial charge on any atom is -0.381 e. The third kappa shape index (κ3) is 12.5. The summed E-state index contributed by atoms with van der Waals surface area (Å²) in [5.41, 5.74) is 0. The Kier molecular flexibility index (Phi) is 13.9. The summed E-state index contributed by atoms with van der Waals surface area (Å²) in [7, 11) is 0. The van der Waals surface area contributed by atoms with Gasteiger partial charge in [-0.25, -0.2) is 0 Å². The summed E-state index contributed by atoms with van der Waals surface area (Å²) < 4.78 is 14.8. The highest BCUT2D eigenvalue weighted by molar-refractivity contribution is 6.40. The Morgan fingerprint density at radius 3 is 1.07 bits per heavy atom. The minimum absolute atomic E-state index is 0.194. The molecule has 86 valence electrons. The number of halogens is 2. The fraction of sp³-hybridized carbons (Fsp3) is 1.00. The molecule has 0 unspecified atom stereocenters. The second kappa shape index (κ2) is 13.5. The van der Waals surface area contributed by atoms with E-state index < -0.39 is 0 Å². The second-order valence-corrected chi connectivity index (χ2v) is 3.45. The van der Waals surface area contributed by atoms with Gasteiger partial charge in [0.05, 0.1) is 31.8 Å². The minimum atomic E-state index is 0.194. The van der Waals surface area contributed by atoms with Crippen LogP contribution in [0, 0.1) is 0 Å². The van der Waals surface area contributed by atoms with Crippen LogP contribution in [0.25, 0.3) is 0 Å². The van der Waals surface area contributed by atoms with Gasteiger partial charge in [-0.05, 0) is 12.8 Å². The lowest BCUT2D eigenvalue weighted by Crippen LogP contribution is -2.16. The van der Waals surface area contributed by atoms with Crippen LogP contribution in [0.1, 0.15) is 12.8 Å². The first kappa shape index (κ1) is 14.5. The van der Waals surface area contributed by atoms with Crippen LogP contribution in [0.15, 0.2) is 0 Å². The van der Waals surface area contributed by atoms with Gasteiger partial charge in [0.25, 0.3) is 0 Å². The Bertz CT molecular complexity index is 76.9. The second-order valence-electron chi connectivity index (χ2n) is 2.65. The smallest absolute Gasteiger partial charge is 0.0967 e. The molecule has 0 aliphatic carbocycles. The van der Waals surface area contributed by atoms with Gasteiger partial charge in [0, 0.05) is 13.2 Å². The van der Waals surface area contributed by atoms with Crippen LogP contribution in [0.5, 0.6) is 0 Å². The van der Waals surface area contributed by atoms with Gasteiger partial charge in [-0.2, -0.15) is 0 Å². The van der Waals surface area contributed by atoms with Crippen molar-refractivity contribution in [1.82, 2.24) is 0 Å². The summed E-state index contributed by atoms with van der Waals surface area (Å²) in [5, 5.41) is 0.194. The van der Waals surface area contributed by atoms with Gasteiger partial charge in [-0.3, -0.25) is 0 Å². The fourth-order valence-electron chi connectivity index (χ4n) is 0.950. The summed E-state index contributed by atoms with van der Waals surface area (Å²) in [6, 6.07) is 0. The number of hydrogen-bond donors (Lipinski definition) is 0. The van der Waals surface area contributed by atoms with Crippen LogP contribution in [0.4, 0.5) is 0 Å². The Hall–Kier alpha value is 0.460. The average Bonchev–Trinajstić information content (AvgIpc) is 2.80. The van der Waals surface area contributed by atoms with Crippen LogP contribution in [-0.4, -0.2) is 45.0 Å². The van der Waals surface area contributed by atoms with Gasteiger partial charge in [0.15, 0.2) is 0 Å². The molecule has 0 bridgehead atoms. The van der Waals surface area contributed by atoms with Gasteiger partial charge >= 0.3 is 0 Å². The highest BCUT2D eigenvalue weighted by Crippen LogP contribution is 1.98. The lowest BCUT2D eigenvalue weighted by Gasteiger charge is -2.09. The highest BCUT2D eigenvalue weighted by Gasteiger charge is 1.95. The molecule has 2 saturated heterocycles. The largest absolute Gasteiger partial charge is 0.381 e. The number of ether oxygens (including phenoxy) is 3. The molecule has 0 N–H and O–H groups in total. The van der Waals surface area contributed by atoms with E-state index in [1.807, 2.05) is 0 Å². The van der Waals surface area contributed by atoms with E-state index in [0.717, 1.165) is 39.6 Å². The van der Waals surface area contributed by atoms with Gasteiger partial charge in [0.1, 0.15) is 0 Å². The monoisotopic (exact) mass is 244 g/mol. The molecule has 14 heavy (non-hydrogen) atoms. The molecule has 2 heterocycles. The molecule has 0 saturated carbocycles. The molecule has 0 atom stereocenters. The number of hydrogen-bond acceptors (Lipinski definition) is 3. The third-order valence-corrected chi connectivity index (χ3v) is 1.57. The molecule has 2 aliphatic rings.